The molecule has 3 heterocycles. The summed E-state index contributed by atoms with van der Waals surface area (Å²) in [5.41, 5.74) is 5.72. The monoisotopic (exact) mass is 537 g/mol. The Hall–Kier alpha value is -3.53. The number of hydrogen-bond donors (Lipinski definition) is 2. The number of halogens is 2. The van der Waals surface area contributed by atoms with Crippen LogP contribution in [-0.4, -0.2) is 43.6 Å². The second-order valence-corrected chi connectivity index (χ2v) is 10.0. The Morgan fingerprint density at radius 2 is 1.97 bits per heavy atom. The van der Waals surface area contributed by atoms with Crippen LogP contribution in [-0.2, 0) is 31.4 Å². The number of imidazole rings is 1. The van der Waals surface area contributed by atoms with E-state index in [9.17, 15) is 9.18 Å². The van der Waals surface area contributed by atoms with Crippen LogP contribution in [0, 0.1) is 5.82 Å². The van der Waals surface area contributed by atoms with Gasteiger partial charge in [0.2, 0.25) is 11.8 Å². The predicted molar refractivity (Wildman–Crippen MR) is 142 cm³/mol. The fourth-order valence-corrected chi connectivity index (χ4v) is 5.05. The number of rotatable bonds is 8. The molecule has 2 N–H and O–H groups in total. The van der Waals surface area contributed by atoms with Gasteiger partial charge in [-0.1, -0.05) is 29.8 Å². The number of nitrogens with one attached hydrogen (secondary N) is 1. The largest absolute Gasteiger partial charge is 0.473 e. The van der Waals surface area contributed by atoms with Crippen LogP contribution >= 0.6 is 11.6 Å². The number of pyridine rings is 1. The fraction of sp³-hybridized carbons (Fsp3) is 0.321. The molecule has 2 aromatic carbocycles. The molecule has 1 saturated heterocycles. The van der Waals surface area contributed by atoms with E-state index in [-0.39, 0.29) is 13.0 Å². The van der Waals surface area contributed by atoms with Crippen LogP contribution in [0.3, 0.4) is 0 Å². The van der Waals surface area contributed by atoms with Crippen LogP contribution in [0.1, 0.15) is 41.4 Å². The molecule has 1 aliphatic heterocycles. The third kappa shape index (κ3) is 5.96. The average molecular weight is 538 g/mol. The number of hydroxylamine groups is 1. The lowest BCUT2D eigenvalue weighted by Gasteiger charge is -2.31. The van der Waals surface area contributed by atoms with Crippen molar-refractivity contribution in [2.45, 2.75) is 38.3 Å². The Kier molecular flexibility index (Phi) is 7.87. The first-order valence-corrected chi connectivity index (χ1v) is 12.9. The highest BCUT2D eigenvalue weighted by Gasteiger charge is 2.23. The van der Waals surface area contributed by atoms with Crippen molar-refractivity contribution in [3.8, 4) is 5.88 Å². The Bertz CT molecular complexity index is 1450. The Balaban J connectivity index is 1.18. The first-order valence-electron chi connectivity index (χ1n) is 12.5. The number of carbonyl (C=O) groups excluding carboxylic acids is 1. The second kappa shape index (κ2) is 11.5. The molecule has 2 aromatic heterocycles. The molecule has 0 saturated carbocycles. The van der Waals surface area contributed by atoms with Gasteiger partial charge >= 0.3 is 0 Å². The maximum Gasteiger partial charge on any atom is 0.247 e. The summed E-state index contributed by atoms with van der Waals surface area (Å²) in [6.07, 6.45) is 2.03. The highest BCUT2D eigenvalue weighted by atomic mass is 35.5. The summed E-state index contributed by atoms with van der Waals surface area (Å²) in [6.45, 7) is 2.65. The fourth-order valence-electron chi connectivity index (χ4n) is 4.89. The molecule has 0 bridgehead atoms. The molecule has 10 heteroatoms. The lowest BCUT2D eigenvalue weighted by Crippen LogP contribution is -2.33. The number of ether oxygens (including phenoxy) is 1. The van der Waals surface area contributed by atoms with Gasteiger partial charge in [0.1, 0.15) is 18.2 Å². The van der Waals surface area contributed by atoms with Crippen LogP contribution in [0.25, 0.3) is 11.0 Å². The molecule has 0 spiro atoms. The molecule has 0 atom stereocenters. The third-order valence-electron chi connectivity index (χ3n) is 7.03. The number of benzene rings is 2. The van der Waals surface area contributed by atoms with E-state index in [2.05, 4.69) is 9.47 Å². The van der Waals surface area contributed by atoms with Crippen molar-refractivity contribution in [2.24, 2.45) is 7.05 Å². The second-order valence-electron chi connectivity index (χ2n) is 9.60. The van der Waals surface area contributed by atoms with E-state index in [1.807, 2.05) is 37.4 Å². The standard InChI is InChI=1S/C28H29ClFN5O3/c1-34-25-8-5-18(14-27(36)33-37)13-24(25)31-26(34)16-35-11-9-19(10-12-35)23-3-2-4-28(32-23)38-17-20-6-7-21(29)15-22(20)30/h2-8,13,15,19,37H,9-12,14,16-17H2,1H3,(H,33,36). The molecule has 4 aromatic rings. The van der Waals surface area contributed by atoms with E-state index in [4.69, 9.17) is 31.5 Å². The molecule has 38 heavy (non-hydrogen) atoms. The van der Waals surface area contributed by atoms with Crippen molar-refractivity contribution in [1.29, 1.82) is 0 Å². The zero-order valence-corrected chi connectivity index (χ0v) is 21.8. The zero-order valence-electron chi connectivity index (χ0n) is 21.0. The summed E-state index contributed by atoms with van der Waals surface area (Å²) in [5.74, 6) is 0.921. The molecule has 8 nitrogen and oxygen atoms in total. The smallest absolute Gasteiger partial charge is 0.247 e. The minimum absolute atomic E-state index is 0.0893. The van der Waals surface area contributed by atoms with Gasteiger partial charge < -0.3 is 9.30 Å². The Labute approximate surface area is 225 Å². The van der Waals surface area contributed by atoms with E-state index in [0.29, 0.717) is 22.4 Å². The number of hydrogen-bond acceptors (Lipinski definition) is 6. The highest BCUT2D eigenvalue weighted by molar-refractivity contribution is 6.30. The van der Waals surface area contributed by atoms with E-state index < -0.39 is 11.7 Å². The van der Waals surface area contributed by atoms with Gasteiger partial charge in [-0.3, -0.25) is 14.9 Å². The van der Waals surface area contributed by atoms with Gasteiger partial charge in [0.05, 0.1) is 24.0 Å². The number of amides is 1. The molecule has 0 aliphatic carbocycles. The van der Waals surface area contributed by atoms with Crippen LogP contribution in [0.4, 0.5) is 4.39 Å². The van der Waals surface area contributed by atoms with Crippen LogP contribution in [0.5, 0.6) is 5.88 Å². The van der Waals surface area contributed by atoms with E-state index in [0.717, 1.165) is 60.6 Å². The lowest BCUT2D eigenvalue weighted by atomic mass is 9.93. The number of piperidine rings is 1. The summed E-state index contributed by atoms with van der Waals surface area (Å²) < 4.78 is 21.9. The molecule has 1 fully saturated rings. The molecule has 0 radical (unpaired) electrons. The zero-order chi connectivity index (χ0) is 26.6. The van der Waals surface area contributed by atoms with Crippen molar-refractivity contribution in [3.05, 3.63) is 88.1 Å². The van der Waals surface area contributed by atoms with Gasteiger partial charge in [-0.05, 0) is 61.8 Å². The SMILES string of the molecule is Cn1c(CN2CCC(c3cccc(OCc4ccc(Cl)cc4F)n3)CC2)nc2cc(CC(=O)NO)ccc21. The van der Waals surface area contributed by atoms with Crippen LogP contribution in [0.15, 0.2) is 54.6 Å². The third-order valence-corrected chi connectivity index (χ3v) is 7.27. The van der Waals surface area contributed by atoms with Crippen molar-refractivity contribution in [2.75, 3.05) is 13.1 Å². The van der Waals surface area contributed by atoms with Gasteiger partial charge in [0, 0.05) is 35.3 Å². The first-order chi connectivity index (χ1) is 18.4. The average Bonchev–Trinajstić information content (AvgIpc) is 3.22. The molecule has 5 rings (SSSR count). The maximum absolute atomic E-state index is 14.1. The summed E-state index contributed by atoms with van der Waals surface area (Å²) >= 11 is 5.83. The minimum Gasteiger partial charge on any atom is -0.473 e. The summed E-state index contributed by atoms with van der Waals surface area (Å²) in [7, 11) is 2.00. The maximum atomic E-state index is 14.1. The topological polar surface area (TPSA) is 92.5 Å². The van der Waals surface area contributed by atoms with Gasteiger partial charge in [0.25, 0.3) is 0 Å². The number of aromatic nitrogens is 3. The van der Waals surface area contributed by atoms with Gasteiger partial charge in [-0.25, -0.2) is 19.8 Å². The minimum atomic E-state index is -0.453. The normalized spacial score (nSPS) is 14.6. The summed E-state index contributed by atoms with van der Waals surface area (Å²) in [4.78, 5) is 23.4. The molecular formula is C28H29ClFN5O3. The van der Waals surface area contributed by atoms with E-state index >= 15 is 0 Å². The Morgan fingerprint density at radius 1 is 1.16 bits per heavy atom. The van der Waals surface area contributed by atoms with Crippen molar-refractivity contribution in [1.82, 2.24) is 24.9 Å². The van der Waals surface area contributed by atoms with Gasteiger partial charge in [-0.2, -0.15) is 0 Å². The lowest BCUT2D eigenvalue weighted by molar-refractivity contribution is -0.128. The molecular weight excluding hydrogens is 509 g/mol. The molecule has 1 amide bonds. The van der Waals surface area contributed by atoms with Crippen LogP contribution < -0.4 is 10.2 Å². The van der Waals surface area contributed by atoms with Crippen molar-refractivity contribution in [3.63, 3.8) is 0 Å². The van der Waals surface area contributed by atoms with Crippen molar-refractivity contribution < 1.29 is 19.1 Å². The summed E-state index contributed by atoms with van der Waals surface area (Å²) in [5, 5.41) is 9.13. The first kappa shape index (κ1) is 26.1. The number of aryl methyl sites for hydroxylation is 1. The molecule has 0 unspecified atom stereocenters. The predicted octanol–water partition coefficient (Wildman–Crippen LogP) is 4.77. The van der Waals surface area contributed by atoms with E-state index in [1.54, 1.807) is 23.7 Å². The highest BCUT2D eigenvalue weighted by Crippen LogP contribution is 2.29. The number of fused-ring (bicyclic) bond motifs is 1. The Morgan fingerprint density at radius 3 is 2.74 bits per heavy atom. The van der Waals surface area contributed by atoms with Gasteiger partial charge in [-0.15, -0.1) is 0 Å². The van der Waals surface area contributed by atoms with Crippen molar-refractivity contribution >= 4 is 28.5 Å². The number of carbonyl (C=O) groups is 1. The van der Waals surface area contributed by atoms with E-state index in [1.165, 1.54) is 6.07 Å². The molecule has 198 valence electrons. The summed E-state index contributed by atoms with van der Waals surface area (Å²) in [6, 6.07) is 16.0. The van der Waals surface area contributed by atoms with Gasteiger partial charge in [0.15, 0.2) is 0 Å². The molecule has 1 aliphatic rings. The van der Waals surface area contributed by atoms with Crippen LogP contribution in [0.2, 0.25) is 5.02 Å². The number of nitrogens with zero attached hydrogens (tertiary/aromatic N) is 4. The number of likely N-dealkylation sites (tertiary alicyclic amines) is 1. The quantitative estimate of drug-likeness (QED) is 0.248.